The first-order chi connectivity index (χ1) is 19.6. The first-order valence-corrected chi connectivity index (χ1v) is 16.7. The minimum Gasteiger partial charge on any atom is -0.332 e. The standard InChI is InChI=1S/C32H36N4O2S2/c37-40(38,36-19-7-8-20-36)29-15-14-25-16-21-35(22-17-28(25)24-29)18-9-23-39-32-33-30(26-10-3-1-4-11-26)31(34-32)27-12-5-2-6-13-27/h1-6,10-15,24H,7-9,16-23H2,(H,33,34). The lowest BCUT2D eigenvalue weighted by Crippen LogP contribution is -2.28. The van der Waals surface area contributed by atoms with Crippen molar-refractivity contribution in [3.05, 3.63) is 90.0 Å². The Morgan fingerprint density at radius 1 is 0.800 bits per heavy atom. The zero-order valence-electron chi connectivity index (χ0n) is 22.8. The molecule has 1 saturated heterocycles. The van der Waals surface area contributed by atoms with Gasteiger partial charge >= 0.3 is 0 Å². The maximum absolute atomic E-state index is 13.1. The van der Waals surface area contributed by atoms with Crippen LogP contribution in [0.5, 0.6) is 0 Å². The number of H-pyrrole nitrogens is 1. The van der Waals surface area contributed by atoms with Crippen molar-refractivity contribution in [1.29, 1.82) is 0 Å². The van der Waals surface area contributed by atoms with Crippen LogP contribution in [0.2, 0.25) is 0 Å². The summed E-state index contributed by atoms with van der Waals surface area (Å²) in [4.78, 5) is 11.5. The topological polar surface area (TPSA) is 69.3 Å². The molecule has 0 aliphatic carbocycles. The van der Waals surface area contributed by atoms with Gasteiger partial charge < -0.3 is 9.88 Å². The molecule has 2 aliphatic rings. The van der Waals surface area contributed by atoms with E-state index in [0.717, 1.165) is 85.2 Å². The van der Waals surface area contributed by atoms with Crippen molar-refractivity contribution in [2.75, 3.05) is 38.5 Å². The predicted octanol–water partition coefficient (Wildman–Crippen LogP) is 6.11. The fourth-order valence-electron chi connectivity index (χ4n) is 5.70. The second kappa shape index (κ2) is 12.3. The summed E-state index contributed by atoms with van der Waals surface area (Å²) in [5.74, 6) is 0.984. The Kier molecular flexibility index (Phi) is 8.39. The molecule has 40 heavy (non-hydrogen) atoms. The van der Waals surface area contributed by atoms with Gasteiger partial charge in [-0.3, -0.25) is 0 Å². The summed E-state index contributed by atoms with van der Waals surface area (Å²) < 4.78 is 27.7. The Hall–Kier alpha value is -2.91. The molecular weight excluding hydrogens is 537 g/mol. The highest BCUT2D eigenvalue weighted by molar-refractivity contribution is 7.99. The number of hydrogen-bond acceptors (Lipinski definition) is 5. The Morgan fingerprint density at radius 2 is 1.48 bits per heavy atom. The minimum atomic E-state index is -3.37. The SMILES string of the molecule is O=S(=O)(c1ccc2c(c1)CCN(CCCSc1nc(-c3ccccc3)c(-c3ccccc3)[nH]1)CC2)N1CCCC1. The zero-order valence-corrected chi connectivity index (χ0v) is 24.4. The van der Waals surface area contributed by atoms with Crippen LogP contribution in [0.4, 0.5) is 0 Å². The summed E-state index contributed by atoms with van der Waals surface area (Å²) >= 11 is 1.78. The van der Waals surface area contributed by atoms with Gasteiger partial charge in [-0.05, 0) is 61.9 Å². The third kappa shape index (κ3) is 6.05. The van der Waals surface area contributed by atoms with Crippen LogP contribution in [0.1, 0.15) is 30.4 Å². The highest BCUT2D eigenvalue weighted by Gasteiger charge is 2.28. The zero-order chi connectivity index (χ0) is 27.4. The van der Waals surface area contributed by atoms with Gasteiger partial charge in [0.2, 0.25) is 10.0 Å². The molecule has 4 aromatic rings. The predicted molar refractivity (Wildman–Crippen MR) is 163 cm³/mol. The largest absolute Gasteiger partial charge is 0.332 e. The molecule has 0 bridgehead atoms. The Balaban J connectivity index is 1.05. The van der Waals surface area contributed by atoms with E-state index in [0.29, 0.717) is 18.0 Å². The quantitative estimate of drug-likeness (QED) is 0.194. The molecule has 0 saturated carbocycles. The summed E-state index contributed by atoms with van der Waals surface area (Å²) in [7, 11) is -3.37. The molecule has 208 valence electrons. The van der Waals surface area contributed by atoms with Crippen LogP contribution in [-0.2, 0) is 22.9 Å². The molecule has 0 unspecified atom stereocenters. The molecule has 6 rings (SSSR count). The minimum absolute atomic E-state index is 0.459. The molecule has 8 heteroatoms. The lowest BCUT2D eigenvalue weighted by atomic mass is 10.0. The summed E-state index contributed by atoms with van der Waals surface area (Å²) in [5.41, 5.74) is 6.78. The van der Waals surface area contributed by atoms with E-state index < -0.39 is 10.0 Å². The lowest BCUT2D eigenvalue weighted by Gasteiger charge is -2.19. The molecule has 2 aliphatic heterocycles. The monoisotopic (exact) mass is 572 g/mol. The summed E-state index contributed by atoms with van der Waals surface area (Å²) in [6.07, 6.45) is 4.84. The number of nitrogens with one attached hydrogen (secondary N) is 1. The van der Waals surface area contributed by atoms with Gasteiger partial charge in [-0.2, -0.15) is 4.31 Å². The molecule has 0 spiro atoms. The van der Waals surface area contributed by atoms with Crippen LogP contribution < -0.4 is 0 Å². The van der Waals surface area contributed by atoms with Crippen LogP contribution in [-0.4, -0.2) is 66.1 Å². The molecular formula is C32H36N4O2S2. The van der Waals surface area contributed by atoms with Crippen LogP contribution >= 0.6 is 11.8 Å². The van der Waals surface area contributed by atoms with E-state index in [1.807, 2.05) is 30.3 Å². The van der Waals surface area contributed by atoms with Gasteiger partial charge in [0.15, 0.2) is 5.16 Å². The molecule has 1 N–H and O–H groups in total. The number of thioether (sulfide) groups is 1. The number of nitrogens with zero attached hydrogens (tertiary/aromatic N) is 3. The summed E-state index contributed by atoms with van der Waals surface area (Å²) in [6, 6.07) is 26.6. The number of benzene rings is 3. The van der Waals surface area contributed by atoms with Crippen LogP contribution in [0, 0.1) is 0 Å². The molecule has 0 amide bonds. The third-order valence-electron chi connectivity index (χ3n) is 7.92. The lowest BCUT2D eigenvalue weighted by molar-refractivity contribution is 0.289. The van der Waals surface area contributed by atoms with E-state index in [1.54, 1.807) is 16.1 Å². The normalized spacial score (nSPS) is 16.6. The Bertz CT molecular complexity index is 1470. The van der Waals surface area contributed by atoms with E-state index in [9.17, 15) is 8.42 Å². The maximum Gasteiger partial charge on any atom is 0.243 e. The van der Waals surface area contributed by atoms with Crippen molar-refractivity contribution in [2.24, 2.45) is 0 Å². The molecule has 3 heterocycles. The van der Waals surface area contributed by atoms with E-state index in [4.69, 9.17) is 4.98 Å². The van der Waals surface area contributed by atoms with Gasteiger partial charge in [-0.1, -0.05) is 78.5 Å². The number of fused-ring (bicyclic) bond motifs is 1. The average Bonchev–Trinajstić information content (AvgIpc) is 3.65. The molecule has 0 radical (unpaired) electrons. The maximum atomic E-state index is 13.1. The number of aromatic amines is 1. The highest BCUT2D eigenvalue weighted by atomic mass is 32.2. The third-order valence-corrected chi connectivity index (χ3v) is 10.8. The first kappa shape index (κ1) is 27.3. The van der Waals surface area contributed by atoms with E-state index >= 15 is 0 Å². The van der Waals surface area contributed by atoms with Crippen molar-refractivity contribution in [1.82, 2.24) is 19.2 Å². The number of aromatic nitrogens is 2. The molecule has 6 nitrogen and oxygen atoms in total. The van der Waals surface area contributed by atoms with Crippen molar-refractivity contribution in [3.8, 4) is 22.5 Å². The summed E-state index contributed by atoms with van der Waals surface area (Å²) in [6.45, 7) is 4.28. The van der Waals surface area contributed by atoms with E-state index in [-0.39, 0.29) is 0 Å². The van der Waals surface area contributed by atoms with Gasteiger partial charge in [-0.25, -0.2) is 13.4 Å². The fourth-order valence-corrected chi connectivity index (χ4v) is 8.07. The fraction of sp³-hybridized carbons (Fsp3) is 0.344. The van der Waals surface area contributed by atoms with Gasteiger partial charge in [-0.15, -0.1) is 0 Å². The van der Waals surface area contributed by atoms with Crippen molar-refractivity contribution in [3.63, 3.8) is 0 Å². The second-order valence-corrected chi connectivity index (χ2v) is 13.6. The number of sulfonamides is 1. The van der Waals surface area contributed by atoms with Crippen molar-refractivity contribution >= 4 is 21.8 Å². The molecule has 3 aromatic carbocycles. The smallest absolute Gasteiger partial charge is 0.243 e. The van der Waals surface area contributed by atoms with Crippen LogP contribution in [0.25, 0.3) is 22.5 Å². The number of hydrogen-bond donors (Lipinski definition) is 1. The summed E-state index contributed by atoms with van der Waals surface area (Å²) in [5, 5.41) is 0.952. The second-order valence-electron chi connectivity index (χ2n) is 10.6. The highest BCUT2D eigenvalue weighted by Crippen LogP contribution is 2.33. The van der Waals surface area contributed by atoms with Crippen molar-refractivity contribution in [2.45, 2.75) is 42.2 Å². The van der Waals surface area contributed by atoms with E-state index in [1.165, 1.54) is 11.1 Å². The van der Waals surface area contributed by atoms with Gasteiger partial charge in [0, 0.05) is 43.1 Å². The number of rotatable bonds is 9. The Morgan fingerprint density at radius 3 is 2.20 bits per heavy atom. The molecule has 0 atom stereocenters. The van der Waals surface area contributed by atoms with Crippen LogP contribution in [0.3, 0.4) is 0 Å². The van der Waals surface area contributed by atoms with E-state index in [2.05, 4.69) is 58.4 Å². The first-order valence-electron chi connectivity index (χ1n) is 14.3. The molecule has 1 fully saturated rings. The van der Waals surface area contributed by atoms with Gasteiger partial charge in [0.1, 0.15) is 0 Å². The average molecular weight is 573 g/mol. The number of imidazole rings is 1. The Labute approximate surface area is 241 Å². The van der Waals surface area contributed by atoms with Gasteiger partial charge in [0.25, 0.3) is 0 Å². The van der Waals surface area contributed by atoms with Crippen LogP contribution in [0.15, 0.2) is 88.9 Å². The molecule has 1 aromatic heterocycles. The van der Waals surface area contributed by atoms with Crippen molar-refractivity contribution < 1.29 is 8.42 Å². The van der Waals surface area contributed by atoms with Gasteiger partial charge in [0.05, 0.1) is 16.3 Å².